The number of nitrogens with zero attached hydrogens (tertiary/aromatic N) is 1. The van der Waals surface area contributed by atoms with Crippen molar-refractivity contribution in [1.29, 1.82) is 0 Å². The molecule has 0 bridgehead atoms. The number of hydrogen-bond acceptors (Lipinski definition) is 2. The van der Waals surface area contributed by atoms with E-state index in [4.69, 9.17) is 5.11 Å². The van der Waals surface area contributed by atoms with Crippen molar-refractivity contribution in [3.63, 3.8) is 0 Å². The highest BCUT2D eigenvalue weighted by molar-refractivity contribution is 5.76. The molecule has 0 aromatic heterocycles. The predicted octanol–water partition coefficient (Wildman–Crippen LogP) is 3.06. The van der Waals surface area contributed by atoms with Crippen molar-refractivity contribution in [2.24, 2.45) is 11.8 Å². The van der Waals surface area contributed by atoms with Gasteiger partial charge in [-0.05, 0) is 43.9 Å². The SMILES string of the molecule is CC1CCN(C(=O)CCCCC(=O)O)C2CCCCC12. The van der Waals surface area contributed by atoms with Crippen molar-refractivity contribution >= 4 is 11.9 Å². The van der Waals surface area contributed by atoms with E-state index in [0.29, 0.717) is 31.2 Å². The predicted molar refractivity (Wildman–Crippen MR) is 77.3 cm³/mol. The molecule has 0 aromatic carbocycles. The number of piperidine rings is 1. The second-order valence-corrected chi connectivity index (χ2v) is 6.47. The fourth-order valence-electron chi connectivity index (χ4n) is 3.92. The van der Waals surface area contributed by atoms with Crippen LogP contribution in [0.15, 0.2) is 0 Å². The van der Waals surface area contributed by atoms with Crippen molar-refractivity contribution in [3.05, 3.63) is 0 Å². The van der Waals surface area contributed by atoms with E-state index in [2.05, 4.69) is 11.8 Å². The van der Waals surface area contributed by atoms with Crippen LogP contribution in [0.5, 0.6) is 0 Å². The molecular formula is C16H27NO3. The quantitative estimate of drug-likeness (QED) is 0.788. The molecule has 4 heteroatoms. The average molecular weight is 281 g/mol. The van der Waals surface area contributed by atoms with Crippen LogP contribution >= 0.6 is 0 Å². The lowest BCUT2D eigenvalue weighted by molar-refractivity contribution is -0.140. The molecule has 114 valence electrons. The lowest BCUT2D eigenvalue weighted by Gasteiger charge is -2.47. The van der Waals surface area contributed by atoms with Crippen LogP contribution in [0.1, 0.15) is 64.7 Å². The molecule has 1 saturated carbocycles. The average Bonchev–Trinajstić information content (AvgIpc) is 2.44. The molecule has 0 aromatic rings. The van der Waals surface area contributed by atoms with Gasteiger partial charge in [-0.25, -0.2) is 0 Å². The number of carboxylic acid groups (broad SMARTS) is 1. The molecular weight excluding hydrogens is 254 g/mol. The molecule has 1 heterocycles. The summed E-state index contributed by atoms with van der Waals surface area (Å²) in [5, 5.41) is 8.62. The molecule has 0 radical (unpaired) electrons. The van der Waals surface area contributed by atoms with Gasteiger partial charge in [0.2, 0.25) is 5.91 Å². The van der Waals surface area contributed by atoms with E-state index >= 15 is 0 Å². The monoisotopic (exact) mass is 281 g/mol. The van der Waals surface area contributed by atoms with Gasteiger partial charge in [0.25, 0.3) is 0 Å². The second kappa shape index (κ2) is 7.09. The number of rotatable bonds is 5. The van der Waals surface area contributed by atoms with Crippen LogP contribution in [-0.4, -0.2) is 34.5 Å². The highest BCUT2D eigenvalue weighted by atomic mass is 16.4. The Labute approximate surface area is 121 Å². The normalized spacial score (nSPS) is 29.9. The second-order valence-electron chi connectivity index (χ2n) is 6.47. The van der Waals surface area contributed by atoms with Crippen LogP contribution in [0.2, 0.25) is 0 Å². The third kappa shape index (κ3) is 3.74. The first kappa shape index (κ1) is 15.3. The van der Waals surface area contributed by atoms with Crippen LogP contribution in [0, 0.1) is 11.8 Å². The summed E-state index contributed by atoms with van der Waals surface area (Å²) in [5.41, 5.74) is 0. The van der Waals surface area contributed by atoms with E-state index in [1.807, 2.05) is 0 Å². The van der Waals surface area contributed by atoms with E-state index in [9.17, 15) is 9.59 Å². The largest absolute Gasteiger partial charge is 0.481 e. The van der Waals surface area contributed by atoms with Crippen LogP contribution in [-0.2, 0) is 9.59 Å². The van der Waals surface area contributed by atoms with Gasteiger partial charge < -0.3 is 10.0 Å². The van der Waals surface area contributed by atoms with Crippen molar-refractivity contribution in [2.45, 2.75) is 70.8 Å². The number of carbonyl (C=O) groups is 2. The molecule has 3 atom stereocenters. The Morgan fingerprint density at radius 3 is 2.55 bits per heavy atom. The molecule has 3 unspecified atom stereocenters. The van der Waals surface area contributed by atoms with Crippen LogP contribution in [0.25, 0.3) is 0 Å². The van der Waals surface area contributed by atoms with Gasteiger partial charge in [-0.1, -0.05) is 19.8 Å². The Balaban J connectivity index is 1.83. The van der Waals surface area contributed by atoms with E-state index in [0.717, 1.165) is 25.3 Å². The third-order valence-corrected chi connectivity index (χ3v) is 5.09. The Hall–Kier alpha value is -1.06. The topological polar surface area (TPSA) is 57.6 Å². The fraction of sp³-hybridized carbons (Fsp3) is 0.875. The molecule has 2 rings (SSSR count). The number of unbranched alkanes of at least 4 members (excludes halogenated alkanes) is 1. The third-order valence-electron chi connectivity index (χ3n) is 5.09. The molecule has 1 aliphatic heterocycles. The number of carboxylic acids is 1. The van der Waals surface area contributed by atoms with Crippen molar-refractivity contribution in [3.8, 4) is 0 Å². The molecule has 2 fully saturated rings. The molecule has 4 nitrogen and oxygen atoms in total. The summed E-state index contributed by atoms with van der Waals surface area (Å²) in [4.78, 5) is 25.0. The maximum Gasteiger partial charge on any atom is 0.303 e. The number of aliphatic carboxylic acids is 1. The van der Waals surface area contributed by atoms with E-state index < -0.39 is 5.97 Å². The first-order valence-electron chi connectivity index (χ1n) is 8.11. The fourth-order valence-corrected chi connectivity index (χ4v) is 3.92. The molecule has 1 saturated heterocycles. The first-order chi connectivity index (χ1) is 9.59. The van der Waals surface area contributed by atoms with E-state index in [1.54, 1.807) is 0 Å². The van der Waals surface area contributed by atoms with Gasteiger partial charge in [0.1, 0.15) is 0 Å². The maximum absolute atomic E-state index is 12.4. The maximum atomic E-state index is 12.4. The van der Waals surface area contributed by atoms with Crippen molar-refractivity contribution < 1.29 is 14.7 Å². The number of fused-ring (bicyclic) bond motifs is 1. The summed E-state index contributed by atoms with van der Waals surface area (Å²) in [6.07, 6.45) is 8.13. The zero-order valence-corrected chi connectivity index (χ0v) is 12.5. The smallest absolute Gasteiger partial charge is 0.303 e. The Kier molecular flexibility index (Phi) is 5.44. The number of likely N-dealkylation sites (tertiary alicyclic amines) is 1. The Morgan fingerprint density at radius 2 is 1.80 bits per heavy atom. The zero-order chi connectivity index (χ0) is 14.5. The van der Waals surface area contributed by atoms with Gasteiger partial charge in [0.05, 0.1) is 0 Å². The van der Waals surface area contributed by atoms with Crippen molar-refractivity contribution in [2.75, 3.05) is 6.54 Å². The van der Waals surface area contributed by atoms with Gasteiger partial charge in [0.15, 0.2) is 0 Å². The highest BCUT2D eigenvalue weighted by Gasteiger charge is 2.38. The first-order valence-corrected chi connectivity index (χ1v) is 8.11. The van der Waals surface area contributed by atoms with E-state index in [-0.39, 0.29) is 12.3 Å². The van der Waals surface area contributed by atoms with E-state index in [1.165, 1.54) is 19.3 Å². The van der Waals surface area contributed by atoms with Crippen LogP contribution in [0.4, 0.5) is 0 Å². The standard InChI is InChI=1S/C16H27NO3/c1-12-10-11-17(14-7-3-2-6-13(12)14)15(18)8-4-5-9-16(19)20/h12-14H,2-11H2,1H3,(H,19,20). The zero-order valence-electron chi connectivity index (χ0n) is 12.5. The molecule has 1 N–H and O–H groups in total. The summed E-state index contributed by atoms with van der Waals surface area (Å²) in [7, 11) is 0. The minimum absolute atomic E-state index is 0.177. The summed E-state index contributed by atoms with van der Waals surface area (Å²) < 4.78 is 0. The van der Waals surface area contributed by atoms with Gasteiger partial charge in [0, 0.05) is 25.4 Å². The summed E-state index contributed by atoms with van der Waals surface area (Å²) >= 11 is 0. The number of hydrogen-bond donors (Lipinski definition) is 1. The molecule has 20 heavy (non-hydrogen) atoms. The molecule has 0 spiro atoms. The summed E-state index contributed by atoms with van der Waals surface area (Å²) in [6.45, 7) is 3.23. The Morgan fingerprint density at radius 1 is 1.10 bits per heavy atom. The molecule has 2 aliphatic rings. The summed E-state index contributed by atoms with van der Waals surface area (Å²) in [6, 6.07) is 0.458. The molecule has 1 aliphatic carbocycles. The Bertz CT molecular complexity index is 356. The van der Waals surface area contributed by atoms with Crippen molar-refractivity contribution in [1.82, 2.24) is 4.90 Å². The van der Waals surface area contributed by atoms with Crippen LogP contribution < -0.4 is 0 Å². The minimum Gasteiger partial charge on any atom is -0.481 e. The van der Waals surface area contributed by atoms with Crippen LogP contribution in [0.3, 0.4) is 0 Å². The molecule has 1 amide bonds. The lowest BCUT2D eigenvalue weighted by Crippen LogP contribution is -2.52. The van der Waals surface area contributed by atoms with Gasteiger partial charge in [-0.3, -0.25) is 9.59 Å². The van der Waals surface area contributed by atoms with Gasteiger partial charge >= 0.3 is 5.97 Å². The highest BCUT2D eigenvalue weighted by Crippen LogP contribution is 2.39. The van der Waals surface area contributed by atoms with Gasteiger partial charge in [-0.15, -0.1) is 0 Å². The van der Waals surface area contributed by atoms with Gasteiger partial charge in [-0.2, -0.15) is 0 Å². The lowest BCUT2D eigenvalue weighted by atomic mass is 9.72. The number of amides is 1. The minimum atomic E-state index is -0.767. The number of carbonyl (C=O) groups excluding carboxylic acids is 1. The summed E-state index contributed by atoms with van der Waals surface area (Å²) in [5.74, 6) is 0.924.